The zero-order valence-corrected chi connectivity index (χ0v) is 5.74. The van der Waals surface area contributed by atoms with Gasteiger partial charge in [-0.05, 0) is 13.3 Å². The molecular weight excluding hydrogens is 116 g/mol. The highest BCUT2D eigenvalue weighted by molar-refractivity contribution is 5.73. The highest BCUT2D eigenvalue weighted by atomic mass is 16.2. The third-order valence-electron chi connectivity index (χ3n) is 0.821. The van der Waals surface area contributed by atoms with Crippen molar-refractivity contribution >= 4 is 6.03 Å². The first kappa shape index (κ1) is 8.27. The van der Waals surface area contributed by atoms with Gasteiger partial charge in [0.05, 0.1) is 0 Å². The van der Waals surface area contributed by atoms with E-state index in [1.54, 1.807) is 0 Å². The number of amides is 2. The first-order valence-corrected chi connectivity index (χ1v) is 3.12. The standard InChI is InChI=1S/C6H13N2O/c1-3-5-8-6(9)7-4-2/h2-5H2,1H3,(H2,7,8,9). The first-order valence-electron chi connectivity index (χ1n) is 3.12. The van der Waals surface area contributed by atoms with Gasteiger partial charge in [0.15, 0.2) is 0 Å². The molecule has 2 amide bonds. The van der Waals surface area contributed by atoms with E-state index in [1.165, 1.54) is 0 Å². The Balaban J connectivity index is 3.06. The van der Waals surface area contributed by atoms with Crippen LogP contribution in [0.4, 0.5) is 4.79 Å². The zero-order valence-electron chi connectivity index (χ0n) is 5.74. The van der Waals surface area contributed by atoms with Crippen LogP contribution in [-0.2, 0) is 0 Å². The van der Waals surface area contributed by atoms with Crippen molar-refractivity contribution in [1.29, 1.82) is 0 Å². The molecule has 9 heavy (non-hydrogen) atoms. The number of rotatable bonds is 3. The normalized spacial score (nSPS) is 8.67. The van der Waals surface area contributed by atoms with Crippen LogP contribution in [0.15, 0.2) is 0 Å². The fraction of sp³-hybridized carbons (Fsp3) is 0.667. The second-order valence-electron chi connectivity index (χ2n) is 1.68. The Morgan fingerprint density at radius 1 is 1.56 bits per heavy atom. The maximum Gasteiger partial charge on any atom is 0.314 e. The van der Waals surface area contributed by atoms with E-state index in [-0.39, 0.29) is 6.03 Å². The summed E-state index contributed by atoms with van der Waals surface area (Å²) in [6.45, 7) is 6.63. The molecule has 0 heterocycles. The van der Waals surface area contributed by atoms with Gasteiger partial charge in [0.1, 0.15) is 0 Å². The average Bonchev–Trinajstić information content (AvgIpc) is 1.85. The third-order valence-corrected chi connectivity index (χ3v) is 0.821. The molecule has 3 heteroatoms. The van der Waals surface area contributed by atoms with Crippen LogP contribution in [0.2, 0.25) is 0 Å². The summed E-state index contributed by atoms with van der Waals surface area (Å²) >= 11 is 0. The van der Waals surface area contributed by atoms with E-state index in [9.17, 15) is 4.79 Å². The SMILES string of the molecule is [CH2]CNC(=O)NCCC. The molecule has 1 radical (unpaired) electrons. The minimum Gasteiger partial charge on any atom is -0.338 e. The smallest absolute Gasteiger partial charge is 0.314 e. The average molecular weight is 129 g/mol. The molecule has 0 spiro atoms. The molecule has 0 aliphatic carbocycles. The molecule has 0 fully saturated rings. The first-order chi connectivity index (χ1) is 4.31. The van der Waals surface area contributed by atoms with Crippen molar-refractivity contribution in [2.45, 2.75) is 13.3 Å². The van der Waals surface area contributed by atoms with Gasteiger partial charge < -0.3 is 10.6 Å². The number of carbonyl (C=O) groups excluding carboxylic acids is 1. The summed E-state index contributed by atoms with van der Waals surface area (Å²) in [5.74, 6) is 0. The van der Waals surface area contributed by atoms with Crippen LogP contribution < -0.4 is 10.6 Å². The Kier molecular flexibility index (Phi) is 4.97. The fourth-order valence-corrected chi connectivity index (χ4v) is 0.415. The Morgan fingerprint density at radius 2 is 2.22 bits per heavy atom. The van der Waals surface area contributed by atoms with Gasteiger partial charge in [-0.25, -0.2) is 4.79 Å². The molecule has 3 nitrogen and oxygen atoms in total. The van der Waals surface area contributed by atoms with Crippen LogP contribution >= 0.6 is 0 Å². The van der Waals surface area contributed by atoms with Gasteiger partial charge in [-0.3, -0.25) is 0 Å². The van der Waals surface area contributed by atoms with Crippen molar-refractivity contribution in [3.05, 3.63) is 6.92 Å². The number of urea groups is 1. The molecule has 0 aromatic heterocycles. The summed E-state index contributed by atoms with van der Waals surface area (Å²) in [6, 6.07) is -0.133. The van der Waals surface area contributed by atoms with E-state index in [4.69, 9.17) is 0 Å². The van der Waals surface area contributed by atoms with E-state index >= 15 is 0 Å². The molecule has 2 N–H and O–H groups in total. The molecule has 0 aliphatic heterocycles. The van der Waals surface area contributed by atoms with Crippen LogP contribution in [0.25, 0.3) is 0 Å². The van der Waals surface area contributed by atoms with Crippen LogP contribution in [0.3, 0.4) is 0 Å². The summed E-state index contributed by atoms with van der Waals surface area (Å²) < 4.78 is 0. The van der Waals surface area contributed by atoms with Crippen molar-refractivity contribution < 1.29 is 4.79 Å². The molecule has 0 bridgehead atoms. The number of nitrogens with one attached hydrogen (secondary N) is 2. The van der Waals surface area contributed by atoms with E-state index in [2.05, 4.69) is 17.6 Å². The summed E-state index contributed by atoms with van der Waals surface area (Å²) in [5, 5.41) is 5.16. The van der Waals surface area contributed by atoms with Crippen molar-refractivity contribution in [1.82, 2.24) is 10.6 Å². The maximum absolute atomic E-state index is 10.5. The lowest BCUT2D eigenvalue weighted by Crippen LogP contribution is -2.35. The largest absolute Gasteiger partial charge is 0.338 e. The molecule has 0 aromatic carbocycles. The van der Waals surface area contributed by atoms with Gasteiger partial charge >= 0.3 is 6.03 Å². The van der Waals surface area contributed by atoms with Crippen molar-refractivity contribution in [3.63, 3.8) is 0 Å². The predicted octanol–water partition coefficient (Wildman–Crippen LogP) is 0.530. The summed E-state index contributed by atoms with van der Waals surface area (Å²) in [7, 11) is 0. The zero-order chi connectivity index (χ0) is 7.11. The van der Waals surface area contributed by atoms with Crippen molar-refractivity contribution in [2.75, 3.05) is 13.1 Å². The number of hydrogen-bond donors (Lipinski definition) is 2. The van der Waals surface area contributed by atoms with E-state index in [0.29, 0.717) is 6.54 Å². The Morgan fingerprint density at radius 3 is 2.67 bits per heavy atom. The number of hydrogen-bond acceptors (Lipinski definition) is 1. The van der Waals surface area contributed by atoms with Crippen LogP contribution in [0.1, 0.15) is 13.3 Å². The highest BCUT2D eigenvalue weighted by Crippen LogP contribution is 1.69. The lowest BCUT2D eigenvalue weighted by Gasteiger charge is -2.01. The van der Waals surface area contributed by atoms with Gasteiger partial charge in [0.2, 0.25) is 0 Å². The highest BCUT2D eigenvalue weighted by Gasteiger charge is 1.91. The topological polar surface area (TPSA) is 41.1 Å². The van der Waals surface area contributed by atoms with Crippen LogP contribution in [-0.4, -0.2) is 19.1 Å². The van der Waals surface area contributed by atoms with E-state index in [0.717, 1.165) is 13.0 Å². The molecule has 0 saturated heterocycles. The molecule has 0 saturated carbocycles. The van der Waals surface area contributed by atoms with Gasteiger partial charge in [0.25, 0.3) is 0 Å². The molecule has 0 unspecified atom stereocenters. The number of carbonyl (C=O) groups is 1. The van der Waals surface area contributed by atoms with Gasteiger partial charge in [-0.2, -0.15) is 0 Å². The van der Waals surface area contributed by atoms with Gasteiger partial charge in [-0.15, -0.1) is 0 Å². The second-order valence-corrected chi connectivity index (χ2v) is 1.68. The second kappa shape index (κ2) is 5.41. The van der Waals surface area contributed by atoms with Crippen molar-refractivity contribution in [3.8, 4) is 0 Å². The molecule has 0 rings (SSSR count). The molecule has 0 aromatic rings. The molecule has 0 aliphatic rings. The monoisotopic (exact) mass is 129 g/mol. The van der Waals surface area contributed by atoms with Crippen LogP contribution in [0.5, 0.6) is 0 Å². The minimum absolute atomic E-state index is 0.133. The fourth-order valence-electron chi connectivity index (χ4n) is 0.415. The van der Waals surface area contributed by atoms with Gasteiger partial charge in [0, 0.05) is 13.1 Å². The van der Waals surface area contributed by atoms with Gasteiger partial charge in [-0.1, -0.05) is 6.92 Å². The van der Waals surface area contributed by atoms with E-state index in [1.807, 2.05) is 6.92 Å². The Bertz CT molecular complexity index is 83.1. The third kappa shape index (κ3) is 5.14. The quantitative estimate of drug-likeness (QED) is 0.573. The Labute approximate surface area is 55.8 Å². The Hall–Kier alpha value is -0.730. The minimum atomic E-state index is -0.133. The lowest BCUT2D eigenvalue weighted by molar-refractivity contribution is 0.242. The van der Waals surface area contributed by atoms with Crippen molar-refractivity contribution in [2.24, 2.45) is 0 Å². The predicted molar refractivity (Wildman–Crippen MR) is 37.0 cm³/mol. The summed E-state index contributed by atoms with van der Waals surface area (Å²) in [6.07, 6.45) is 0.963. The summed E-state index contributed by atoms with van der Waals surface area (Å²) in [5.41, 5.74) is 0. The summed E-state index contributed by atoms with van der Waals surface area (Å²) in [4.78, 5) is 10.5. The van der Waals surface area contributed by atoms with E-state index < -0.39 is 0 Å². The molecule has 0 atom stereocenters. The molecular formula is C6H13N2O. The maximum atomic E-state index is 10.5. The molecule has 53 valence electrons. The van der Waals surface area contributed by atoms with Crippen LogP contribution in [0, 0.1) is 6.92 Å². The lowest BCUT2D eigenvalue weighted by atomic mass is 10.5.